The number of nitrogens with zero attached hydrogens (tertiary/aromatic N) is 3. The fourth-order valence-corrected chi connectivity index (χ4v) is 3.49. The molecular weight excluding hydrogens is 266 g/mol. The van der Waals surface area contributed by atoms with Crippen molar-refractivity contribution in [1.82, 2.24) is 14.8 Å². The zero-order valence-electron chi connectivity index (χ0n) is 12.6. The number of methoxy groups -OCH3 is 1. The Morgan fingerprint density at radius 1 is 1.29 bits per heavy atom. The molecule has 2 aliphatic rings. The van der Waals surface area contributed by atoms with Crippen LogP contribution in [0.2, 0.25) is 0 Å². The Balaban J connectivity index is 1.49. The Labute approximate surface area is 125 Å². The summed E-state index contributed by atoms with van der Waals surface area (Å²) in [5.41, 5.74) is 1.13. The van der Waals surface area contributed by atoms with Crippen LogP contribution < -0.4 is 0 Å². The number of hydrogen-bond donors (Lipinski definition) is 0. The monoisotopic (exact) mass is 289 g/mol. The summed E-state index contributed by atoms with van der Waals surface area (Å²) in [6, 6.07) is 6.07. The summed E-state index contributed by atoms with van der Waals surface area (Å²) in [5.74, 6) is 1.49. The molecule has 1 amide bonds. The number of amides is 1. The molecule has 2 aliphatic heterocycles. The van der Waals surface area contributed by atoms with Crippen LogP contribution in [0.5, 0.6) is 0 Å². The maximum absolute atomic E-state index is 12.0. The second-order valence-electron chi connectivity index (χ2n) is 6.08. The van der Waals surface area contributed by atoms with Crippen LogP contribution in [0.25, 0.3) is 0 Å². The molecule has 114 valence electrons. The lowest BCUT2D eigenvalue weighted by Gasteiger charge is -2.21. The fourth-order valence-electron chi connectivity index (χ4n) is 3.49. The van der Waals surface area contributed by atoms with Crippen LogP contribution in [-0.4, -0.2) is 60.6 Å². The molecule has 5 heteroatoms. The van der Waals surface area contributed by atoms with Crippen molar-refractivity contribution >= 4 is 5.91 Å². The van der Waals surface area contributed by atoms with Crippen molar-refractivity contribution in [2.24, 2.45) is 11.8 Å². The first kappa shape index (κ1) is 14.5. The average molecular weight is 289 g/mol. The molecule has 0 saturated carbocycles. The van der Waals surface area contributed by atoms with Crippen LogP contribution in [0.4, 0.5) is 0 Å². The highest BCUT2D eigenvalue weighted by Crippen LogP contribution is 2.31. The molecule has 0 unspecified atom stereocenters. The number of carbonyl (C=O) groups excluding carboxylic acids is 1. The van der Waals surface area contributed by atoms with Crippen LogP contribution in [-0.2, 0) is 16.1 Å². The van der Waals surface area contributed by atoms with Crippen molar-refractivity contribution in [1.29, 1.82) is 0 Å². The molecule has 2 fully saturated rings. The predicted octanol–water partition coefficient (Wildman–Crippen LogP) is 1.01. The van der Waals surface area contributed by atoms with Gasteiger partial charge in [-0.3, -0.25) is 14.7 Å². The van der Waals surface area contributed by atoms with E-state index in [0.29, 0.717) is 24.9 Å². The lowest BCUT2D eigenvalue weighted by molar-refractivity contribution is -0.131. The van der Waals surface area contributed by atoms with Crippen LogP contribution in [0, 0.1) is 11.8 Å². The average Bonchev–Trinajstić information content (AvgIpc) is 3.04. The van der Waals surface area contributed by atoms with Crippen molar-refractivity contribution < 1.29 is 9.53 Å². The highest BCUT2D eigenvalue weighted by atomic mass is 16.5. The first-order valence-corrected chi connectivity index (χ1v) is 7.65. The second kappa shape index (κ2) is 6.54. The van der Waals surface area contributed by atoms with Gasteiger partial charge in [0.15, 0.2) is 0 Å². The minimum atomic E-state index is 0.238. The zero-order valence-corrected chi connectivity index (χ0v) is 12.6. The van der Waals surface area contributed by atoms with E-state index < -0.39 is 0 Å². The highest BCUT2D eigenvalue weighted by molar-refractivity contribution is 5.76. The van der Waals surface area contributed by atoms with Gasteiger partial charge >= 0.3 is 0 Å². The van der Waals surface area contributed by atoms with Crippen molar-refractivity contribution in [3.8, 4) is 0 Å². The van der Waals surface area contributed by atoms with E-state index in [1.807, 2.05) is 23.2 Å². The summed E-state index contributed by atoms with van der Waals surface area (Å²) in [5, 5.41) is 0. The van der Waals surface area contributed by atoms with Crippen LogP contribution in [0.15, 0.2) is 24.4 Å². The molecule has 0 N–H and O–H groups in total. The fraction of sp³-hybridized carbons (Fsp3) is 0.625. The SMILES string of the molecule is COCCC(=O)N1C[C@H]2CN(Cc3ccccn3)C[C@H]2C1. The smallest absolute Gasteiger partial charge is 0.224 e. The van der Waals surface area contributed by atoms with Gasteiger partial charge in [0.05, 0.1) is 18.7 Å². The minimum absolute atomic E-state index is 0.238. The zero-order chi connectivity index (χ0) is 14.7. The lowest BCUT2D eigenvalue weighted by atomic mass is 10.0. The van der Waals surface area contributed by atoms with Crippen LogP contribution in [0.3, 0.4) is 0 Å². The minimum Gasteiger partial charge on any atom is -0.384 e. The van der Waals surface area contributed by atoms with Gasteiger partial charge < -0.3 is 9.64 Å². The number of ether oxygens (including phenoxy) is 1. The molecule has 3 rings (SSSR count). The van der Waals surface area contributed by atoms with Gasteiger partial charge in [-0.15, -0.1) is 0 Å². The van der Waals surface area contributed by atoms with Crippen molar-refractivity contribution in [3.05, 3.63) is 30.1 Å². The first-order chi connectivity index (χ1) is 10.3. The molecule has 0 spiro atoms. The number of carbonyl (C=O) groups is 1. The number of likely N-dealkylation sites (tertiary alicyclic amines) is 2. The number of rotatable bonds is 5. The first-order valence-electron chi connectivity index (χ1n) is 7.65. The van der Waals surface area contributed by atoms with E-state index in [9.17, 15) is 4.79 Å². The predicted molar refractivity (Wildman–Crippen MR) is 79.6 cm³/mol. The molecule has 2 atom stereocenters. The summed E-state index contributed by atoms with van der Waals surface area (Å²) < 4.78 is 4.99. The normalized spacial score (nSPS) is 25.3. The lowest BCUT2D eigenvalue weighted by Crippen LogP contribution is -2.33. The van der Waals surface area contributed by atoms with Crippen LogP contribution in [0.1, 0.15) is 12.1 Å². The molecule has 0 aromatic carbocycles. The van der Waals surface area contributed by atoms with Crippen LogP contribution >= 0.6 is 0 Å². The van der Waals surface area contributed by atoms with Gasteiger partial charge in [0.2, 0.25) is 5.91 Å². The van der Waals surface area contributed by atoms with Gasteiger partial charge in [0.25, 0.3) is 0 Å². The summed E-state index contributed by atoms with van der Waals surface area (Å²) in [7, 11) is 1.64. The standard InChI is InChI=1S/C16H23N3O2/c1-21-7-5-16(20)19-10-13-8-18(9-14(13)11-19)12-15-4-2-3-6-17-15/h2-4,6,13-14H,5,7-12H2,1H3/t13-,14+. The number of fused-ring (bicyclic) bond motifs is 1. The van der Waals surface area contributed by atoms with E-state index >= 15 is 0 Å². The van der Waals surface area contributed by atoms with Crippen molar-refractivity contribution in [2.45, 2.75) is 13.0 Å². The Morgan fingerprint density at radius 2 is 2.05 bits per heavy atom. The summed E-state index contributed by atoms with van der Waals surface area (Å²) in [6.07, 6.45) is 2.36. The highest BCUT2D eigenvalue weighted by Gasteiger charge is 2.41. The van der Waals surface area contributed by atoms with Gasteiger partial charge in [0, 0.05) is 46.0 Å². The molecule has 1 aromatic heterocycles. The molecule has 0 aliphatic carbocycles. The molecule has 3 heterocycles. The molecular formula is C16H23N3O2. The molecule has 5 nitrogen and oxygen atoms in total. The second-order valence-corrected chi connectivity index (χ2v) is 6.08. The Morgan fingerprint density at radius 3 is 2.67 bits per heavy atom. The third-order valence-electron chi connectivity index (χ3n) is 4.55. The third-order valence-corrected chi connectivity index (χ3v) is 4.55. The summed E-state index contributed by atoms with van der Waals surface area (Å²) in [6.45, 7) is 5.42. The van der Waals surface area contributed by atoms with E-state index in [0.717, 1.165) is 38.4 Å². The Hall–Kier alpha value is -1.46. The van der Waals surface area contributed by atoms with E-state index in [4.69, 9.17) is 4.74 Å². The molecule has 0 radical (unpaired) electrons. The molecule has 21 heavy (non-hydrogen) atoms. The van der Waals surface area contributed by atoms with E-state index in [-0.39, 0.29) is 5.91 Å². The van der Waals surface area contributed by atoms with Gasteiger partial charge in [-0.25, -0.2) is 0 Å². The molecule has 1 aromatic rings. The Bertz CT molecular complexity index is 466. The van der Waals surface area contributed by atoms with E-state index in [2.05, 4.69) is 16.0 Å². The molecule has 2 saturated heterocycles. The van der Waals surface area contributed by atoms with E-state index in [1.54, 1.807) is 7.11 Å². The van der Waals surface area contributed by atoms with Crippen molar-refractivity contribution in [2.75, 3.05) is 39.9 Å². The number of aromatic nitrogens is 1. The maximum atomic E-state index is 12.0. The largest absolute Gasteiger partial charge is 0.384 e. The summed E-state index contributed by atoms with van der Waals surface area (Å²) in [4.78, 5) is 20.9. The van der Waals surface area contributed by atoms with E-state index in [1.165, 1.54) is 0 Å². The maximum Gasteiger partial charge on any atom is 0.224 e. The topological polar surface area (TPSA) is 45.7 Å². The third kappa shape index (κ3) is 3.41. The number of pyridine rings is 1. The Kier molecular flexibility index (Phi) is 4.51. The summed E-state index contributed by atoms with van der Waals surface area (Å²) >= 11 is 0. The quantitative estimate of drug-likeness (QED) is 0.811. The van der Waals surface area contributed by atoms with Gasteiger partial charge in [-0.2, -0.15) is 0 Å². The number of hydrogen-bond acceptors (Lipinski definition) is 4. The molecule has 0 bridgehead atoms. The van der Waals surface area contributed by atoms with Gasteiger partial charge in [-0.1, -0.05) is 6.07 Å². The van der Waals surface area contributed by atoms with Gasteiger partial charge in [0.1, 0.15) is 0 Å². The van der Waals surface area contributed by atoms with Gasteiger partial charge in [-0.05, 0) is 24.0 Å². The van der Waals surface area contributed by atoms with Crippen molar-refractivity contribution in [3.63, 3.8) is 0 Å².